The number of aryl methyl sites for hydroxylation is 1. The molecule has 2 amide bonds. The number of carbonyl (C=O) groups excluding carboxylic acids is 1. The first-order valence-electron chi connectivity index (χ1n) is 6.04. The van der Waals surface area contributed by atoms with Crippen LogP contribution < -0.4 is 16.0 Å². The molecule has 0 unspecified atom stereocenters. The van der Waals surface area contributed by atoms with Gasteiger partial charge in [-0.15, -0.1) is 0 Å². The van der Waals surface area contributed by atoms with Crippen LogP contribution in [0.15, 0.2) is 28.1 Å². The second-order valence-electron chi connectivity index (χ2n) is 4.46. The van der Waals surface area contributed by atoms with Crippen LogP contribution >= 0.6 is 0 Å². The average molecular weight is 296 g/mol. The summed E-state index contributed by atoms with van der Waals surface area (Å²) in [5.41, 5.74) is 0.954. The van der Waals surface area contributed by atoms with Crippen LogP contribution in [0.2, 0.25) is 0 Å². The molecule has 2 rings (SSSR count). The maximum atomic E-state index is 11.9. The molecule has 0 atom stereocenters. The smallest absolute Gasteiger partial charge is 0.326 e. The number of guanidine groups is 1. The number of hydrogen-bond donors (Lipinski definition) is 3. The van der Waals surface area contributed by atoms with Gasteiger partial charge in [0.2, 0.25) is 0 Å². The van der Waals surface area contributed by atoms with Gasteiger partial charge in [0, 0.05) is 12.8 Å². The van der Waals surface area contributed by atoms with Crippen LogP contribution in [0.5, 0.6) is 0 Å². The molecule has 108 valence electrons. The number of benzene rings is 1. The van der Waals surface area contributed by atoms with Crippen molar-refractivity contribution in [2.24, 2.45) is 4.99 Å². The molecular weight excluding hydrogens is 280 g/mol. The van der Waals surface area contributed by atoms with Gasteiger partial charge in [0.25, 0.3) is 0 Å². The van der Waals surface area contributed by atoms with E-state index in [0.29, 0.717) is 24.6 Å². The second kappa shape index (κ2) is 5.49. The molecule has 0 fully saturated rings. The zero-order valence-electron chi connectivity index (χ0n) is 11.2. The van der Waals surface area contributed by atoms with Gasteiger partial charge in [0.1, 0.15) is 0 Å². The Morgan fingerprint density at radius 3 is 2.70 bits per heavy atom. The number of hydrogen-bond acceptors (Lipinski definition) is 5. The highest BCUT2D eigenvalue weighted by molar-refractivity contribution is 7.90. The fraction of sp³-hybridized carbons (Fsp3) is 0.333. The molecule has 8 heteroatoms. The number of rotatable bonds is 2. The zero-order valence-corrected chi connectivity index (χ0v) is 12.0. The fourth-order valence-corrected chi connectivity index (χ4v) is 2.75. The SMILES string of the molecule is Cc1cccc(S(C)(=O)=O)c1NC(=O)NC1=NCCN1. The third-order valence-corrected chi connectivity index (χ3v) is 3.92. The van der Waals surface area contributed by atoms with Gasteiger partial charge in [-0.2, -0.15) is 0 Å². The molecule has 0 aliphatic carbocycles. The highest BCUT2D eigenvalue weighted by atomic mass is 32.2. The first-order valence-corrected chi connectivity index (χ1v) is 7.93. The van der Waals surface area contributed by atoms with E-state index in [1.54, 1.807) is 19.1 Å². The molecule has 0 saturated carbocycles. The molecule has 1 heterocycles. The third kappa shape index (κ3) is 3.27. The van der Waals surface area contributed by atoms with Crippen molar-refractivity contribution in [3.8, 4) is 0 Å². The summed E-state index contributed by atoms with van der Waals surface area (Å²) in [6, 6.07) is 4.30. The Kier molecular flexibility index (Phi) is 3.93. The lowest BCUT2D eigenvalue weighted by Gasteiger charge is -2.13. The van der Waals surface area contributed by atoms with Crippen molar-refractivity contribution in [3.05, 3.63) is 23.8 Å². The summed E-state index contributed by atoms with van der Waals surface area (Å²) in [6.45, 7) is 3.01. The summed E-state index contributed by atoms with van der Waals surface area (Å²) >= 11 is 0. The second-order valence-corrected chi connectivity index (χ2v) is 6.44. The Labute approximate surface area is 117 Å². The molecule has 3 N–H and O–H groups in total. The van der Waals surface area contributed by atoms with Crippen molar-refractivity contribution in [2.45, 2.75) is 11.8 Å². The molecule has 1 aliphatic rings. The number of nitrogens with zero attached hydrogens (tertiary/aromatic N) is 1. The van der Waals surface area contributed by atoms with Crippen LogP contribution in [0.1, 0.15) is 5.56 Å². The van der Waals surface area contributed by atoms with E-state index in [9.17, 15) is 13.2 Å². The van der Waals surface area contributed by atoms with Gasteiger partial charge in [0.05, 0.1) is 17.1 Å². The topological polar surface area (TPSA) is 99.7 Å². The van der Waals surface area contributed by atoms with E-state index in [2.05, 4.69) is 20.9 Å². The molecule has 0 saturated heterocycles. The average Bonchev–Trinajstić information content (AvgIpc) is 2.83. The minimum atomic E-state index is -3.42. The van der Waals surface area contributed by atoms with Crippen molar-refractivity contribution >= 4 is 27.5 Å². The van der Waals surface area contributed by atoms with Gasteiger partial charge in [-0.1, -0.05) is 12.1 Å². The summed E-state index contributed by atoms with van der Waals surface area (Å²) < 4.78 is 23.4. The molecule has 7 nitrogen and oxygen atoms in total. The van der Waals surface area contributed by atoms with Gasteiger partial charge in [0.15, 0.2) is 15.8 Å². The van der Waals surface area contributed by atoms with Crippen molar-refractivity contribution < 1.29 is 13.2 Å². The molecule has 1 aromatic rings. The highest BCUT2D eigenvalue weighted by Crippen LogP contribution is 2.24. The first-order chi connectivity index (χ1) is 9.38. The number of nitrogens with one attached hydrogen (secondary N) is 3. The van der Waals surface area contributed by atoms with Crippen LogP contribution in [0, 0.1) is 6.92 Å². The molecule has 1 aliphatic heterocycles. The van der Waals surface area contributed by atoms with Gasteiger partial charge in [-0.25, -0.2) is 13.2 Å². The number of amides is 2. The monoisotopic (exact) mass is 296 g/mol. The highest BCUT2D eigenvalue weighted by Gasteiger charge is 2.17. The van der Waals surface area contributed by atoms with Gasteiger partial charge < -0.3 is 10.6 Å². The first kappa shape index (κ1) is 14.3. The largest absolute Gasteiger partial charge is 0.354 e. The normalized spacial score (nSPS) is 14.4. The summed E-state index contributed by atoms with van der Waals surface area (Å²) in [4.78, 5) is 16.0. The number of urea groups is 1. The Morgan fingerprint density at radius 1 is 1.35 bits per heavy atom. The Bertz CT molecular complexity index is 667. The van der Waals surface area contributed by atoms with Gasteiger partial charge in [-0.05, 0) is 18.6 Å². The molecule has 1 aromatic carbocycles. The molecule has 0 radical (unpaired) electrons. The lowest BCUT2D eigenvalue weighted by molar-refractivity contribution is 0.256. The van der Waals surface area contributed by atoms with E-state index in [0.717, 1.165) is 6.26 Å². The quantitative estimate of drug-likeness (QED) is 0.739. The Balaban J connectivity index is 2.22. The molecule has 0 spiro atoms. The van der Waals surface area contributed by atoms with E-state index in [4.69, 9.17) is 0 Å². The molecule has 0 bridgehead atoms. The van der Waals surface area contributed by atoms with E-state index < -0.39 is 15.9 Å². The van der Waals surface area contributed by atoms with Crippen LogP contribution in [0.3, 0.4) is 0 Å². The fourth-order valence-electron chi connectivity index (χ4n) is 1.84. The van der Waals surface area contributed by atoms with Gasteiger partial charge in [-0.3, -0.25) is 10.3 Å². The van der Waals surface area contributed by atoms with Crippen LogP contribution in [-0.2, 0) is 9.84 Å². The van der Waals surface area contributed by atoms with Gasteiger partial charge >= 0.3 is 6.03 Å². The number of sulfone groups is 1. The molecular formula is C12H16N4O3S. The van der Waals surface area contributed by atoms with Crippen molar-refractivity contribution in [3.63, 3.8) is 0 Å². The summed E-state index contributed by atoms with van der Waals surface area (Å²) in [5.74, 6) is 0.386. The minimum absolute atomic E-state index is 0.0916. The minimum Gasteiger partial charge on any atom is -0.354 e. The lowest BCUT2D eigenvalue weighted by atomic mass is 10.2. The predicted octanol–water partition coefficient (Wildman–Crippen LogP) is 0.479. The molecule has 0 aromatic heterocycles. The molecule has 20 heavy (non-hydrogen) atoms. The van der Waals surface area contributed by atoms with Crippen LogP contribution in [0.25, 0.3) is 0 Å². The maximum Gasteiger partial charge on any atom is 0.326 e. The van der Waals surface area contributed by atoms with Crippen LogP contribution in [-0.4, -0.2) is 39.8 Å². The Hall–Kier alpha value is -2.09. The number of carbonyl (C=O) groups is 1. The van der Waals surface area contributed by atoms with Crippen molar-refractivity contribution in [1.82, 2.24) is 10.6 Å². The standard InChI is InChI=1S/C12H16N4O3S/c1-8-4-3-5-9(20(2,18)19)10(8)15-12(17)16-11-13-6-7-14-11/h3-5H,6-7H2,1-2H3,(H3,13,14,15,16,17). The predicted molar refractivity (Wildman–Crippen MR) is 76.7 cm³/mol. The van der Waals surface area contributed by atoms with E-state index in [-0.39, 0.29) is 10.6 Å². The Morgan fingerprint density at radius 2 is 2.10 bits per heavy atom. The van der Waals surface area contributed by atoms with E-state index in [1.807, 2.05) is 0 Å². The maximum absolute atomic E-state index is 11.9. The number of para-hydroxylation sites is 1. The van der Waals surface area contributed by atoms with Crippen LogP contribution in [0.4, 0.5) is 10.5 Å². The number of anilines is 1. The summed E-state index contributed by atoms with van der Waals surface area (Å²) in [6.07, 6.45) is 1.10. The van der Waals surface area contributed by atoms with Crippen molar-refractivity contribution in [2.75, 3.05) is 24.7 Å². The lowest BCUT2D eigenvalue weighted by Crippen LogP contribution is -2.40. The van der Waals surface area contributed by atoms with Crippen molar-refractivity contribution in [1.29, 1.82) is 0 Å². The number of aliphatic imine (C=N–C) groups is 1. The zero-order chi connectivity index (χ0) is 14.8. The summed E-state index contributed by atoms with van der Waals surface area (Å²) in [7, 11) is -3.42. The third-order valence-electron chi connectivity index (χ3n) is 2.78. The van der Waals surface area contributed by atoms with E-state index >= 15 is 0 Å². The van der Waals surface area contributed by atoms with E-state index in [1.165, 1.54) is 6.07 Å². The summed E-state index contributed by atoms with van der Waals surface area (Å²) in [5, 5.41) is 7.98.